The van der Waals surface area contributed by atoms with Crippen molar-refractivity contribution in [2.75, 3.05) is 0 Å². The van der Waals surface area contributed by atoms with Gasteiger partial charge in [-0.05, 0) is 118 Å². The van der Waals surface area contributed by atoms with Gasteiger partial charge in [0.15, 0.2) is 23.2 Å². The largest absolute Gasteiger partial charge is 0.238 e. The van der Waals surface area contributed by atoms with Crippen molar-refractivity contribution in [1.82, 2.24) is 15.0 Å². The highest BCUT2D eigenvalue weighted by Crippen LogP contribution is 2.61. The molecule has 7 aromatic rings. The van der Waals surface area contributed by atoms with Gasteiger partial charge in [0.2, 0.25) is 0 Å². The molecule has 0 aliphatic heterocycles. The van der Waals surface area contributed by atoms with Crippen molar-refractivity contribution < 1.29 is 0 Å². The molecule has 0 atom stereocenters. The summed E-state index contributed by atoms with van der Waals surface area (Å²) in [6.45, 7) is 7.43. The number of nitrogens with zero attached hydrogens (tertiary/aromatic N) is 4. The second-order valence-corrected chi connectivity index (χ2v) is 15.4. The van der Waals surface area contributed by atoms with Gasteiger partial charge in [0.05, 0.1) is 6.57 Å². The summed E-state index contributed by atoms with van der Waals surface area (Å²) in [6, 6.07) is 49.0. The van der Waals surface area contributed by atoms with E-state index in [0.717, 1.165) is 51.1 Å². The molecule has 0 radical (unpaired) electrons. The lowest BCUT2D eigenvalue weighted by Gasteiger charge is -2.57. The molecule has 250 valence electrons. The number of benzene rings is 6. The number of hydrogen-bond acceptors (Lipinski definition) is 3. The highest BCUT2D eigenvalue weighted by Gasteiger charge is 2.52. The van der Waals surface area contributed by atoms with E-state index in [1.165, 1.54) is 54.9 Å². The second-order valence-electron chi connectivity index (χ2n) is 15.4. The van der Waals surface area contributed by atoms with Gasteiger partial charge < -0.3 is 0 Å². The van der Waals surface area contributed by atoms with E-state index in [0.29, 0.717) is 28.6 Å². The standard InChI is InChI=1S/C48H38N4/c1-49-40-18-16-36(17-19-40)46-50-45(35-12-6-3-7-13-35)51-47(52-46)39-26-37(34-10-4-2-5-11-34)25-38(27-39)41-20-21-44(43-15-9-8-14-42(41)43)48-28-31-22-32(29-48)24-33(23-31)30-48/h2-21,25-27,31-33H,22-24,28-30H2. The van der Waals surface area contributed by atoms with E-state index >= 15 is 0 Å². The fourth-order valence-electron chi connectivity index (χ4n) is 10.2. The van der Waals surface area contributed by atoms with Crippen LogP contribution in [0.3, 0.4) is 0 Å². The Morgan fingerprint density at radius 2 is 0.962 bits per heavy atom. The molecule has 0 saturated heterocycles. The van der Waals surface area contributed by atoms with E-state index in [-0.39, 0.29) is 0 Å². The Morgan fingerprint density at radius 1 is 0.462 bits per heavy atom. The maximum absolute atomic E-state index is 7.43. The number of hydrogen-bond donors (Lipinski definition) is 0. The molecule has 0 N–H and O–H groups in total. The van der Waals surface area contributed by atoms with Gasteiger partial charge in [-0.2, -0.15) is 0 Å². The van der Waals surface area contributed by atoms with Gasteiger partial charge in [0, 0.05) is 16.7 Å². The van der Waals surface area contributed by atoms with E-state index in [2.05, 4.69) is 89.8 Å². The van der Waals surface area contributed by atoms with Crippen LogP contribution in [0.5, 0.6) is 0 Å². The monoisotopic (exact) mass is 670 g/mol. The quantitative estimate of drug-likeness (QED) is 0.165. The van der Waals surface area contributed by atoms with Crippen LogP contribution in [0.1, 0.15) is 44.1 Å². The lowest BCUT2D eigenvalue weighted by Crippen LogP contribution is -2.48. The Hall–Kier alpha value is -5.92. The highest BCUT2D eigenvalue weighted by molar-refractivity contribution is 6.00. The fourth-order valence-corrected chi connectivity index (χ4v) is 10.2. The summed E-state index contributed by atoms with van der Waals surface area (Å²) in [5.41, 5.74) is 9.82. The molecular weight excluding hydrogens is 633 g/mol. The third kappa shape index (κ3) is 5.40. The Kier molecular flexibility index (Phi) is 7.35. The first-order valence-corrected chi connectivity index (χ1v) is 18.6. The lowest BCUT2D eigenvalue weighted by molar-refractivity contribution is -0.00449. The molecule has 1 aromatic heterocycles. The summed E-state index contributed by atoms with van der Waals surface area (Å²) in [7, 11) is 0. The molecule has 4 heteroatoms. The zero-order valence-electron chi connectivity index (χ0n) is 29.0. The molecule has 11 rings (SSSR count). The van der Waals surface area contributed by atoms with Crippen LogP contribution in [0, 0.1) is 24.3 Å². The minimum Gasteiger partial charge on any atom is -0.238 e. The molecule has 0 spiro atoms. The van der Waals surface area contributed by atoms with Crippen molar-refractivity contribution >= 4 is 16.5 Å². The maximum Gasteiger partial charge on any atom is 0.187 e. The van der Waals surface area contributed by atoms with E-state index < -0.39 is 0 Å². The molecular formula is C48H38N4. The third-order valence-electron chi connectivity index (χ3n) is 12.1. The molecule has 4 bridgehead atoms. The molecule has 6 aromatic carbocycles. The summed E-state index contributed by atoms with van der Waals surface area (Å²) < 4.78 is 0. The van der Waals surface area contributed by atoms with E-state index in [1.54, 1.807) is 5.56 Å². The molecule has 4 fully saturated rings. The topological polar surface area (TPSA) is 43.0 Å². The second kappa shape index (κ2) is 12.4. The third-order valence-corrected chi connectivity index (χ3v) is 12.1. The molecule has 52 heavy (non-hydrogen) atoms. The minimum atomic E-state index is 0.312. The number of rotatable bonds is 6. The first kappa shape index (κ1) is 30.9. The molecule has 1 heterocycles. The summed E-state index contributed by atoms with van der Waals surface area (Å²) in [4.78, 5) is 18.7. The SMILES string of the molecule is [C-]#[N+]c1ccc(-c2nc(-c3ccccc3)nc(-c3cc(-c4ccccc4)cc(-c4ccc(C56CC7CC(CC(C7)C5)C6)c5ccccc45)c3)n2)cc1. The van der Waals surface area contributed by atoms with Gasteiger partial charge in [-0.25, -0.2) is 19.8 Å². The van der Waals surface area contributed by atoms with E-state index in [9.17, 15) is 0 Å². The molecule has 4 aliphatic rings. The molecule has 4 nitrogen and oxygen atoms in total. The normalized spacial score (nSPS) is 21.6. The van der Waals surface area contributed by atoms with Crippen molar-refractivity contribution in [3.05, 3.63) is 157 Å². The Bertz CT molecular complexity index is 2460. The van der Waals surface area contributed by atoms with Crippen LogP contribution in [0.4, 0.5) is 5.69 Å². The van der Waals surface area contributed by atoms with Crippen LogP contribution in [0.2, 0.25) is 0 Å². The fraction of sp³-hybridized carbons (Fsp3) is 0.208. The van der Waals surface area contributed by atoms with Gasteiger partial charge in [0.1, 0.15) is 0 Å². The van der Waals surface area contributed by atoms with Gasteiger partial charge in [-0.15, -0.1) is 0 Å². The predicted molar refractivity (Wildman–Crippen MR) is 211 cm³/mol. The number of aromatic nitrogens is 3. The van der Waals surface area contributed by atoms with Crippen LogP contribution in [-0.4, -0.2) is 15.0 Å². The van der Waals surface area contributed by atoms with Crippen LogP contribution < -0.4 is 0 Å². The summed E-state index contributed by atoms with van der Waals surface area (Å²) in [5.74, 6) is 4.50. The molecule has 0 unspecified atom stereocenters. The van der Waals surface area contributed by atoms with Gasteiger partial charge in [0.25, 0.3) is 0 Å². The lowest BCUT2D eigenvalue weighted by atomic mass is 9.47. The van der Waals surface area contributed by atoms with Gasteiger partial charge in [-0.3, -0.25) is 0 Å². The van der Waals surface area contributed by atoms with Crippen molar-refractivity contribution in [1.29, 1.82) is 0 Å². The molecule has 4 aliphatic carbocycles. The van der Waals surface area contributed by atoms with Gasteiger partial charge >= 0.3 is 0 Å². The smallest absolute Gasteiger partial charge is 0.187 e. The van der Waals surface area contributed by atoms with Crippen LogP contribution in [0.15, 0.2) is 140 Å². The Balaban J connectivity index is 1.16. The van der Waals surface area contributed by atoms with Crippen molar-refractivity contribution in [2.45, 2.75) is 43.9 Å². The Morgan fingerprint density at radius 3 is 1.58 bits per heavy atom. The minimum absolute atomic E-state index is 0.312. The average Bonchev–Trinajstić information content (AvgIpc) is 3.20. The first-order valence-electron chi connectivity index (χ1n) is 18.6. The predicted octanol–water partition coefficient (Wildman–Crippen LogP) is 12.4. The summed E-state index contributed by atoms with van der Waals surface area (Å²) >= 11 is 0. The van der Waals surface area contributed by atoms with Crippen LogP contribution in [0.25, 0.3) is 72.0 Å². The van der Waals surface area contributed by atoms with Crippen LogP contribution in [-0.2, 0) is 5.41 Å². The molecule has 4 saturated carbocycles. The van der Waals surface area contributed by atoms with Crippen molar-refractivity contribution in [3.63, 3.8) is 0 Å². The van der Waals surface area contributed by atoms with Gasteiger partial charge in [-0.1, -0.05) is 121 Å². The van der Waals surface area contributed by atoms with Crippen LogP contribution >= 0.6 is 0 Å². The summed E-state index contributed by atoms with van der Waals surface area (Å²) in [5, 5.41) is 2.72. The maximum atomic E-state index is 7.43. The van der Waals surface area contributed by atoms with E-state index in [4.69, 9.17) is 21.5 Å². The summed E-state index contributed by atoms with van der Waals surface area (Å²) in [6.07, 6.45) is 8.39. The number of fused-ring (bicyclic) bond motifs is 1. The molecule has 0 amide bonds. The van der Waals surface area contributed by atoms with Crippen molar-refractivity contribution in [3.8, 4) is 56.4 Å². The van der Waals surface area contributed by atoms with E-state index in [1.807, 2.05) is 54.6 Å². The Labute approximate surface area is 305 Å². The zero-order chi connectivity index (χ0) is 34.6. The average molecular weight is 671 g/mol. The highest BCUT2D eigenvalue weighted by atomic mass is 15.0. The van der Waals surface area contributed by atoms with Crippen molar-refractivity contribution in [2.24, 2.45) is 17.8 Å². The first-order chi connectivity index (χ1) is 25.6. The zero-order valence-corrected chi connectivity index (χ0v) is 29.0.